The molecule has 5 heteroatoms. The van der Waals surface area contributed by atoms with Crippen molar-refractivity contribution < 1.29 is 4.79 Å². The molecule has 0 spiro atoms. The molecule has 104 valence electrons. The summed E-state index contributed by atoms with van der Waals surface area (Å²) in [5.74, 6) is -0.119. The fourth-order valence-corrected chi connectivity index (χ4v) is 2.25. The van der Waals surface area contributed by atoms with Gasteiger partial charge in [-0.15, -0.1) is 0 Å². The first-order chi connectivity index (χ1) is 9.47. The van der Waals surface area contributed by atoms with E-state index in [1.54, 1.807) is 54.4 Å². The smallest absolute Gasteiger partial charge is 0.253 e. The molecule has 2 rings (SSSR count). The molecule has 1 amide bonds. The Balaban J connectivity index is 2.17. The largest absolute Gasteiger partial charge is 0.399 e. The number of benzene rings is 2. The number of nitrogens with two attached hydrogens (primary N) is 1. The van der Waals surface area contributed by atoms with E-state index in [1.807, 2.05) is 0 Å². The number of amides is 1. The van der Waals surface area contributed by atoms with E-state index in [0.717, 1.165) is 5.56 Å². The number of hydrogen-bond acceptors (Lipinski definition) is 2. The Morgan fingerprint density at radius 2 is 1.95 bits per heavy atom. The molecule has 0 saturated carbocycles. The minimum Gasteiger partial charge on any atom is -0.399 e. The minimum absolute atomic E-state index is 0.119. The maximum atomic E-state index is 12.3. The molecule has 0 fully saturated rings. The van der Waals surface area contributed by atoms with Crippen molar-refractivity contribution >= 4 is 34.8 Å². The van der Waals surface area contributed by atoms with E-state index < -0.39 is 0 Å². The molecule has 2 aromatic carbocycles. The fourth-order valence-electron chi connectivity index (χ4n) is 1.89. The molecule has 0 saturated heterocycles. The van der Waals surface area contributed by atoms with Gasteiger partial charge in [-0.3, -0.25) is 4.79 Å². The number of nitrogens with zero attached hydrogens (tertiary/aromatic N) is 1. The quantitative estimate of drug-likeness (QED) is 0.875. The Kier molecular flexibility index (Phi) is 4.53. The van der Waals surface area contributed by atoms with Crippen LogP contribution in [-0.2, 0) is 6.54 Å². The summed E-state index contributed by atoms with van der Waals surface area (Å²) in [6.45, 7) is 0.384. The number of hydrogen-bond donors (Lipinski definition) is 1. The van der Waals surface area contributed by atoms with Gasteiger partial charge in [0.2, 0.25) is 0 Å². The van der Waals surface area contributed by atoms with Gasteiger partial charge in [-0.1, -0.05) is 29.3 Å². The molecule has 0 aliphatic carbocycles. The van der Waals surface area contributed by atoms with Gasteiger partial charge in [0.1, 0.15) is 0 Å². The topological polar surface area (TPSA) is 46.3 Å². The Labute approximate surface area is 127 Å². The molecule has 0 atom stereocenters. The van der Waals surface area contributed by atoms with Gasteiger partial charge in [0, 0.05) is 34.9 Å². The van der Waals surface area contributed by atoms with Crippen molar-refractivity contribution in [3.8, 4) is 0 Å². The molecular weight excluding hydrogens is 295 g/mol. The monoisotopic (exact) mass is 308 g/mol. The van der Waals surface area contributed by atoms with Gasteiger partial charge in [-0.2, -0.15) is 0 Å². The normalized spacial score (nSPS) is 10.3. The van der Waals surface area contributed by atoms with E-state index in [9.17, 15) is 4.79 Å². The van der Waals surface area contributed by atoms with Crippen LogP contribution in [0, 0.1) is 0 Å². The summed E-state index contributed by atoms with van der Waals surface area (Å²) in [6, 6.07) is 12.1. The van der Waals surface area contributed by atoms with Crippen LogP contribution in [0.3, 0.4) is 0 Å². The average Bonchev–Trinajstić information content (AvgIpc) is 2.42. The zero-order valence-corrected chi connectivity index (χ0v) is 12.4. The molecule has 0 aromatic heterocycles. The van der Waals surface area contributed by atoms with Crippen molar-refractivity contribution in [3.05, 3.63) is 63.6 Å². The van der Waals surface area contributed by atoms with Crippen LogP contribution < -0.4 is 5.73 Å². The SMILES string of the molecule is CN(Cc1cc(N)ccc1Cl)C(=O)c1cccc(Cl)c1. The Hall–Kier alpha value is -1.71. The lowest BCUT2D eigenvalue weighted by atomic mass is 10.1. The van der Waals surface area contributed by atoms with Gasteiger partial charge in [0.05, 0.1) is 0 Å². The summed E-state index contributed by atoms with van der Waals surface area (Å²) in [6.07, 6.45) is 0. The third-order valence-electron chi connectivity index (χ3n) is 2.90. The minimum atomic E-state index is -0.119. The zero-order valence-electron chi connectivity index (χ0n) is 10.9. The summed E-state index contributed by atoms with van der Waals surface area (Å²) in [7, 11) is 1.71. The van der Waals surface area contributed by atoms with Gasteiger partial charge in [-0.05, 0) is 42.0 Å². The third kappa shape index (κ3) is 3.44. The second-order valence-electron chi connectivity index (χ2n) is 4.52. The number of anilines is 1. The predicted octanol–water partition coefficient (Wildman–Crippen LogP) is 3.85. The molecule has 20 heavy (non-hydrogen) atoms. The highest BCUT2D eigenvalue weighted by Crippen LogP contribution is 2.21. The Morgan fingerprint density at radius 1 is 1.20 bits per heavy atom. The van der Waals surface area contributed by atoms with Gasteiger partial charge >= 0.3 is 0 Å². The second kappa shape index (κ2) is 6.16. The van der Waals surface area contributed by atoms with Crippen LogP contribution in [0.5, 0.6) is 0 Å². The van der Waals surface area contributed by atoms with Gasteiger partial charge in [0.15, 0.2) is 0 Å². The van der Waals surface area contributed by atoms with E-state index in [-0.39, 0.29) is 5.91 Å². The number of halogens is 2. The molecule has 2 N–H and O–H groups in total. The van der Waals surface area contributed by atoms with Crippen LogP contribution in [0.2, 0.25) is 10.0 Å². The van der Waals surface area contributed by atoms with Gasteiger partial charge in [0.25, 0.3) is 5.91 Å². The lowest BCUT2D eigenvalue weighted by Gasteiger charge is -2.18. The lowest BCUT2D eigenvalue weighted by Crippen LogP contribution is -2.26. The number of nitrogen functional groups attached to an aromatic ring is 1. The predicted molar refractivity (Wildman–Crippen MR) is 83.1 cm³/mol. The molecule has 0 heterocycles. The lowest BCUT2D eigenvalue weighted by molar-refractivity contribution is 0.0785. The number of rotatable bonds is 3. The fraction of sp³-hybridized carbons (Fsp3) is 0.133. The summed E-state index contributed by atoms with van der Waals surface area (Å²) < 4.78 is 0. The summed E-state index contributed by atoms with van der Waals surface area (Å²) >= 11 is 12.0. The molecule has 3 nitrogen and oxygen atoms in total. The van der Waals surface area contributed by atoms with Crippen molar-refractivity contribution in [2.45, 2.75) is 6.54 Å². The van der Waals surface area contributed by atoms with Crippen LogP contribution in [0.25, 0.3) is 0 Å². The standard InChI is InChI=1S/C15H14Cl2N2O/c1-19(9-11-8-13(18)5-6-14(11)17)15(20)10-3-2-4-12(16)7-10/h2-8H,9,18H2,1H3. The maximum absolute atomic E-state index is 12.3. The molecule has 0 aliphatic heterocycles. The molecule has 0 radical (unpaired) electrons. The van der Waals surface area contributed by atoms with Crippen LogP contribution in [0.4, 0.5) is 5.69 Å². The van der Waals surface area contributed by atoms with Crippen LogP contribution >= 0.6 is 23.2 Å². The van der Waals surface area contributed by atoms with Crippen molar-refractivity contribution in [2.24, 2.45) is 0 Å². The average molecular weight is 309 g/mol. The second-order valence-corrected chi connectivity index (χ2v) is 5.37. The zero-order chi connectivity index (χ0) is 14.7. The summed E-state index contributed by atoms with van der Waals surface area (Å²) in [5, 5.41) is 1.12. The molecule has 0 unspecified atom stereocenters. The first kappa shape index (κ1) is 14.7. The molecule has 0 aliphatic rings. The van der Waals surface area contributed by atoms with Gasteiger partial charge in [-0.25, -0.2) is 0 Å². The Morgan fingerprint density at radius 3 is 2.65 bits per heavy atom. The van der Waals surface area contributed by atoms with E-state index in [0.29, 0.717) is 27.8 Å². The highest BCUT2D eigenvalue weighted by atomic mass is 35.5. The maximum Gasteiger partial charge on any atom is 0.253 e. The van der Waals surface area contributed by atoms with Crippen molar-refractivity contribution in [3.63, 3.8) is 0 Å². The first-order valence-electron chi connectivity index (χ1n) is 6.02. The van der Waals surface area contributed by atoms with E-state index >= 15 is 0 Å². The van der Waals surface area contributed by atoms with Crippen LogP contribution in [0.15, 0.2) is 42.5 Å². The number of carbonyl (C=O) groups excluding carboxylic acids is 1. The van der Waals surface area contributed by atoms with Crippen molar-refractivity contribution in [2.75, 3.05) is 12.8 Å². The third-order valence-corrected chi connectivity index (χ3v) is 3.50. The highest BCUT2D eigenvalue weighted by Gasteiger charge is 2.13. The van der Waals surface area contributed by atoms with Gasteiger partial charge < -0.3 is 10.6 Å². The number of carbonyl (C=O) groups is 1. The molecular formula is C15H14Cl2N2O. The van der Waals surface area contributed by atoms with E-state index in [2.05, 4.69) is 0 Å². The van der Waals surface area contributed by atoms with E-state index in [1.165, 1.54) is 0 Å². The van der Waals surface area contributed by atoms with Crippen molar-refractivity contribution in [1.82, 2.24) is 4.90 Å². The summed E-state index contributed by atoms with van der Waals surface area (Å²) in [5.41, 5.74) is 7.70. The molecule has 2 aromatic rings. The molecule has 0 bridgehead atoms. The summed E-state index contributed by atoms with van der Waals surface area (Å²) in [4.78, 5) is 13.9. The van der Waals surface area contributed by atoms with Crippen LogP contribution in [-0.4, -0.2) is 17.9 Å². The first-order valence-corrected chi connectivity index (χ1v) is 6.78. The van der Waals surface area contributed by atoms with E-state index in [4.69, 9.17) is 28.9 Å². The highest BCUT2D eigenvalue weighted by molar-refractivity contribution is 6.31. The van der Waals surface area contributed by atoms with Crippen LogP contribution in [0.1, 0.15) is 15.9 Å². The Bertz CT molecular complexity index is 644. The van der Waals surface area contributed by atoms with Crippen molar-refractivity contribution in [1.29, 1.82) is 0 Å².